The first-order valence-corrected chi connectivity index (χ1v) is 7.88. The zero-order valence-corrected chi connectivity index (χ0v) is 13.1. The largest absolute Gasteiger partial charge is 0.469 e. The third kappa shape index (κ3) is 4.20. The summed E-state index contributed by atoms with van der Waals surface area (Å²) < 4.78 is 5.08. The Morgan fingerprint density at radius 3 is 2.74 bits per heavy atom. The molecule has 0 radical (unpaired) electrons. The second-order valence-electron chi connectivity index (χ2n) is 6.24. The van der Waals surface area contributed by atoms with Crippen molar-refractivity contribution in [1.82, 2.24) is 5.32 Å². The van der Waals surface area contributed by atoms with Crippen molar-refractivity contribution >= 4 is 5.97 Å². The maximum Gasteiger partial charge on any atom is 0.313 e. The lowest BCUT2D eigenvalue weighted by atomic mass is 9.69. The van der Waals surface area contributed by atoms with Crippen LogP contribution in [0.15, 0.2) is 0 Å². The Morgan fingerprint density at radius 2 is 2.16 bits per heavy atom. The van der Waals surface area contributed by atoms with Crippen LogP contribution in [0.2, 0.25) is 0 Å². The molecule has 1 aliphatic heterocycles. The standard InChI is InChI=1S/C16H31NO2/c1-5-7-8-13(3)14-10-16(9-6-2,12-17-11-14)15(18)19-4/h13-14,17H,5-12H2,1-4H3. The van der Waals surface area contributed by atoms with Crippen molar-refractivity contribution in [3.63, 3.8) is 0 Å². The molecular weight excluding hydrogens is 238 g/mol. The van der Waals surface area contributed by atoms with E-state index in [-0.39, 0.29) is 11.4 Å². The van der Waals surface area contributed by atoms with Crippen LogP contribution >= 0.6 is 0 Å². The quantitative estimate of drug-likeness (QED) is 0.720. The summed E-state index contributed by atoms with van der Waals surface area (Å²) in [6.07, 6.45) is 6.77. The first kappa shape index (κ1) is 16.5. The minimum atomic E-state index is -0.285. The number of carbonyl (C=O) groups is 1. The summed E-state index contributed by atoms with van der Waals surface area (Å²) in [5, 5.41) is 3.48. The molecule has 0 aromatic heterocycles. The minimum absolute atomic E-state index is 0.0192. The third-order valence-corrected chi connectivity index (χ3v) is 4.69. The fraction of sp³-hybridized carbons (Fsp3) is 0.938. The molecule has 19 heavy (non-hydrogen) atoms. The second-order valence-corrected chi connectivity index (χ2v) is 6.24. The first-order chi connectivity index (χ1) is 9.09. The van der Waals surface area contributed by atoms with Crippen LogP contribution in [0.1, 0.15) is 59.3 Å². The van der Waals surface area contributed by atoms with Gasteiger partial charge < -0.3 is 10.1 Å². The van der Waals surface area contributed by atoms with Crippen molar-refractivity contribution in [3.05, 3.63) is 0 Å². The summed E-state index contributed by atoms with van der Waals surface area (Å²) in [4.78, 5) is 12.2. The van der Waals surface area contributed by atoms with Gasteiger partial charge in [0.2, 0.25) is 0 Å². The van der Waals surface area contributed by atoms with Gasteiger partial charge in [0.25, 0.3) is 0 Å². The fourth-order valence-corrected chi connectivity index (χ4v) is 3.45. The fourth-order valence-electron chi connectivity index (χ4n) is 3.45. The highest BCUT2D eigenvalue weighted by molar-refractivity contribution is 5.77. The van der Waals surface area contributed by atoms with E-state index < -0.39 is 0 Å². The molecule has 1 fully saturated rings. The lowest BCUT2D eigenvalue weighted by Crippen LogP contribution is -2.50. The number of nitrogens with one attached hydrogen (secondary N) is 1. The second kappa shape index (κ2) is 7.88. The Hall–Kier alpha value is -0.570. The molecule has 1 N–H and O–H groups in total. The van der Waals surface area contributed by atoms with Crippen LogP contribution in [0.5, 0.6) is 0 Å². The average Bonchev–Trinajstić information content (AvgIpc) is 2.44. The van der Waals surface area contributed by atoms with E-state index in [0.29, 0.717) is 11.8 Å². The normalized spacial score (nSPS) is 28.9. The zero-order chi connectivity index (χ0) is 14.3. The van der Waals surface area contributed by atoms with Gasteiger partial charge in [0.05, 0.1) is 12.5 Å². The smallest absolute Gasteiger partial charge is 0.313 e. The molecule has 1 aliphatic rings. The highest BCUT2D eigenvalue weighted by Gasteiger charge is 2.43. The van der Waals surface area contributed by atoms with E-state index in [0.717, 1.165) is 32.4 Å². The minimum Gasteiger partial charge on any atom is -0.469 e. The van der Waals surface area contributed by atoms with E-state index in [9.17, 15) is 4.79 Å². The topological polar surface area (TPSA) is 38.3 Å². The molecule has 0 aliphatic carbocycles. The Bertz CT molecular complexity index is 276. The van der Waals surface area contributed by atoms with Crippen molar-refractivity contribution in [2.75, 3.05) is 20.2 Å². The van der Waals surface area contributed by atoms with E-state index in [1.54, 1.807) is 0 Å². The van der Waals surface area contributed by atoms with Gasteiger partial charge in [0.1, 0.15) is 0 Å². The molecule has 3 atom stereocenters. The Morgan fingerprint density at radius 1 is 1.42 bits per heavy atom. The van der Waals surface area contributed by atoms with Gasteiger partial charge in [-0.15, -0.1) is 0 Å². The lowest BCUT2D eigenvalue weighted by Gasteiger charge is -2.41. The molecule has 1 heterocycles. The molecule has 1 saturated heterocycles. The number of hydrogen-bond donors (Lipinski definition) is 1. The lowest BCUT2D eigenvalue weighted by molar-refractivity contribution is -0.156. The van der Waals surface area contributed by atoms with Crippen LogP contribution < -0.4 is 5.32 Å². The van der Waals surface area contributed by atoms with E-state index >= 15 is 0 Å². The Balaban J connectivity index is 2.70. The first-order valence-electron chi connectivity index (χ1n) is 7.88. The van der Waals surface area contributed by atoms with Crippen LogP contribution in [0.3, 0.4) is 0 Å². The summed E-state index contributed by atoms with van der Waals surface area (Å²) in [6, 6.07) is 0. The number of rotatable bonds is 7. The number of carbonyl (C=O) groups excluding carboxylic acids is 1. The maximum absolute atomic E-state index is 12.2. The Labute approximate surface area is 118 Å². The van der Waals surface area contributed by atoms with Crippen molar-refractivity contribution in [1.29, 1.82) is 0 Å². The molecule has 0 amide bonds. The van der Waals surface area contributed by atoms with Crippen LogP contribution in [-0.4, -0.2) is 26.2 Å². The van der Waals surface area contributed by atoms with Crippen LogP contribution in [-0.2, 0) is 9.53 Å². The van der Waals surface area contributed by atoms with Gasteiger partial charge in [-0.05, 0) is 31.2 Å². The average molecular weight is 269 g/mol. The van der Waals surface area contributed by atoms with Gasteiger partial charge in [0.15, 0.2) is 0 Å². The molecule has 0 bridgehead atoms. The third-order valence-electron chi connectivity index (χ3n) is 4.69. The van der Waals surface area contributed by atoms with E-state index in [1.165, 1.54) is 26.4 Å². The van der Waals surface area contributed by atoms with Crippen LogP contribution in [0, 0.1) is 17.3 Å². The maximum atomic E-state index is 12.2. The summed E-state index contributed by atoms with van der Waals surface area (Å²) in [6.45, 7) is 8.55. The van der Waals surface area contributed by atoms with Gasteiger partial charge >= 0.3 is 5.97 Å². The predicted octanol–water partition coefficient (Wildman–Crippen LogP) is 3.38. The van der Waals surface area contributed by atoms with E-state index in [4.69, 9.17) is 4.74 Å². The SMILES string of the molecule is CCCCC(C)C1CNCC(CCC)(C(=O)OC)C1. The van der Waals surface area contributed by atoms with Crippen molar-refractivity contribution < 1.29 is 9.53 Å². The molecule has 3 unspecified atom stereocenters. The number of methoxy groups -OCH3 is 1. The number of ether oxygens (including phenoxy) is 1. The molecule has 0 aromatic carbocycles. The summed E-state index contributed by atoms with van der Waals surface area (Å²) in [7, 11) is 1.52. The van der Waals surface area contributed by atoms with Crippen molar-refractivity contribution in [3.8, 4) is 0 Å². The number of hydrogen-bond acceptors (Lipinski definition) is 3. The monoisotopic (exact) mass is 269 g/mol. The predicted molar refractivity (Wildman–Crippen MR) is 79.0 cm³/mol. The van der Waals surface area contributed by atoms with Gasteiger partial charge in [-0.25, -0.2) is 0 Å². The zero-order valence-electron chi connectivity index (χ0n) is 13.1. The van der Waals surface area contributed by atoms with Crippen LogP contribution in [0.4, 0.5) is 0 Å². The number of unbranched alkanes of at least 4 members (excludes halogenated alkanes) is 1. The molecule has 1 rings (SSSR count). The van der Waals surface area contributed by atoms with E-state index in [2.05, 4.69) is 26.1 Å². The van der Waals surface area contributed by atoms with E-state index in [1.807, 2.05) is 0 Å². The van der Waals surface area contributed by atoms with Crippen molar-refractivity contribution in [2.24, 2.45) is 17.3 Å². The molecule has 0 spiro atoms. The van der Waals surface area contributed by atoms with Crippen molar-refractivity contribution in [2.45, 2.75) is 59.3 Å². The molecule has 0 saturated carbocycles. The Kier molecular flexibility index (Phi) is 6.84. The molecule has 3 nitrogen and oxygen atoms in total. The molecule has 0 aromatic rings. The highest BCUT2D eigenvalue weighted by Crippen LogP contribution is 2.39. The van der Waals surface area contributed by atoms with Gasteiger partial charge in [-0.3, -0.25) is 4.79 Å². The number of esters is 1. The summed E-state index contributed by atoms with van der Waals surface area (Å²) in [5.74, 6) is 1.27. The molecule has 3 heteroatoms. The summed E-state index contributed by atoms with van der Waals surface area (Å²) >= 11 is 0. The number of piperidine rings is 1. The summed E-state index contributed by atoms with van der Waals surface area (Å²) in [5.41, 5.74) is -0.285. The van der Waals surface area contributed by atoms with Gasteiger partial charge in [-0.2, -0.15) is 0 Å². The molecular formula is C16H31NO2. The molecule has 112 valence electrons. The van der Waals surface area contributed by atoms with Gasteiger partial charge in [0, 0.05) is 6.54 Å². The van der Waals surface area contributed by atoms with Gasteiger partial charge in [-0.1, -0.05) is 46.5 Å². The highest BCUT2D eigenvalue weighted by atomic mass is 16.5. The van der Waals surface area contributed by atoms with Crippen LogP contribution in [0.25, 0.3) is 0 Å².